The number of aryl methyl sites for hydroxylation is 1. The molecule has 0 bridgehead atoms. The Balaban J connectivity index is 2.20. The second kappa shape index (κ2) is 7.91. The molecule has 2 N–H and O–H groups in total. The number of hydrogen-bond acceptors (Lipinski definition) is 2. The van der Waals surface area contributed by atoms with Crippen LogP contribution in [0.5, 0.6) is 0 Å². The molecule has 0 aliphatic rings. The van der Waals surface area contributed by atoms with E-state index in [0.717, 1.165) is 18.2 Å². The van der Waals surface area contributed by atoms with E-state index in [9.17, 15) is 35.9 Å². The van der Waals surface area contributed by atoms with E-state index in [1.165, 1.54) is 18.2 Å². The minimum absolute atomic E-state index is 0.0853. The number of carbonyl (C=O) groups excluding carboxylic acids is 2. The molecule has 0 aliphatic heterocycles. The normalized spacial score (nSPS) is 11.8. The minimum Gasteiger partial charge on any atom is -0.343 e. The van der Waals surface area contributed by atoms with E-state index in [-0.39, 0.29) is 16.8 Å². The Bertz CT molecular complexity index is 890. The lowest BCUT2D eigenvalue weighted by atomic mass is 10.1. The average molecular weight is 404 g/mol. The van der Waals surface area contributed by atoms with Gasteiger partial charge in [-0.25, -0.2) is 0 Å². The van der Waals surface area contributed by atoms with Crippen molar-refractivity contribution in [2.45, 2.75) is 19.3 Å². The van der Waals surface area contributed by atoms with Crippen molar-refractivity contribution in [2.75, 3.05) is 11.9 Å². The monoisotopic (exact) mass is 404 g/mol. The van der Waals surface area contributed by atoms with Gasteiger partial charge in [0.25, 0.3) is 11.8 Å². The minimum atomic E-state index is -4.62. The number of rotatable bonds is 4. The first kappa shape index (κ1) is 21.3. The van der Waals surface area contributed by atoms with Crippen molar-refractivity contribution < 1.29 is 35.9 Å². The maximum absolute atomic E-state index is 12.8. The van der Waals surface area contributed by atoms with Gasteiger partial charge in [-0.3, -0.25) is 9.59 Å². The number of halogens is 6. The van der Waals surface area contributed by atoms with Crippen molar-refractivity contribution in [2.24, 2.45) is 0 Å². The van der Waals surface area contributed by atoms with E-state index in [2.05, 4.69) is 5.32 Å². The third-order valence-corrected chi connectivity index (χ3v) is 3.65. The van der Waals surface area contributed by atoms with Crippen molar-refractivity contribution >= 4 is 17.5 Å². The molecule has 2 aromatic carbocycles. The van der Waals surface area contributed by atoms with E-state index < -0.39 is 36.3 Å². The summed E-state index contributed by atoms with van der Waals surface area (Å²) in [5.41, 5.74) is -0.859. The maximum Gasteiger partial charge on any atom is 0.416 e. The zero-order valence-electron chi connectivity index (χ0n) is 14.3. The highest BCUT2D eigenvalue weighted by molar-refractivity contribution is 6.05. The highest BCUT2D eigenvalue weighted by Crippen LogP contribution is 2.29. The molecule has 2 rings (SSSR count). The fourth-order valence-corrected chi connectivity index (χ4v) is 2.21. The van der Waals surface area contributed by atoms with Crippen LogP contribution in [0.4, 0.5) is 32.0 Å². The maximum atomic E-state index is 12.8. The molecule has 150 valence electrons. The van der Waals surface area contributed by atoms with Gasteiger partial charge in [-0.2, -0.15) is 26.3 Å². The number of carbonyl (C=O) groups is 2. The molecule has 0 saturated heterocycles. The highest BCUT2D eigenvalue weighted by atomic mass is 19.4. The van der Waals surface area contributed by atoms with Crippen LogP contribution in [0.1, 0.15) is 31.8 Å². The molecule has 0 spiro atoms. The molecule has 28 heavy (non-hydrogen) atoms. The van der Waals surface area contributed by atoms with Gasteiger partial charge < -0.3 is 10.6 Å². The van der Waals surface area contributed by atoms with Gasteiger partial charge in [0.05, 0.1) is 5.56 Å². The predicted molar refractivity (Wildman–Crippen MR) is 89.0 cm³/mol. The van der Waals surface area contributed by atoms with Gasteiger partial charge >= 0.3 is 12.4 Å². The number of amides is 2. The molecule has 2 aromatic rings. The number of benzene rings is 2. The SMILES string of the molecule is Cc1ccc(C(=O)NCC(F)(F)F)cc1NC(=O)c1cccc(C(F)(F)F)c1. The van der Waals surface area contributed by atoms with Crippen molar-refractivity contribution in [1.29, 1.82) is 0 Å². The van der Waals surface area contributed by atoms with Gasteiger partial charge in [-0.1, -0.05) is 12.1 Å². The third-order valence-electron chi connectivity index (χ3n) is 3.65. The number of nitrogens with one attached hydrogen (secondary N) is 2. The van der Waals surface area contributed by atoms with Crippen molar-refractivity contribution in [3.8, 4) is 0 Å². The molecule has 0 saturated carbocycles. The summed E-state index contributed by atoms with van der Waals surface area (Å²) in [5, 5.41) is 4.06. The highest BCUT2D eigenvalue weighted by Gasteiger charge is 2.31. The topological polar surface area (TPSA) is 58.2 Å². The summed E-state index contributed by atoms with van der Waals surface area (Å²) in [6.07, 6.45) is -9.20. The molecule has 0 unspecified atom stereocenters. The molecule has 10 heteroatoms. The van der Waals surface area contributed by atoms with Gasteiger partial charge in [0.15, 0.2) is 0 Å². The average Bonchev–Trinajstić information content (AvgIpc) is 2.60. The van der Waals surface area contributed by atoms with Crippen LogP contribution in [-0.4, -0.2) is 24.5 Å². The van der Waals surface area contributed by atoms with Crippen LogP contribution in [0.3, 0.4) is 0 Å². The summed E-state index contributed by atoms with van der Waals surface area (Å²) in [4.78, 5) is 24.1. The van der Waals surface area contributed by atoms with E-state index in [1.807, 2.05) is 0 Å². The zero-order valence-corrected chi connectivity index (χ0v) is 14.3. The van der Waals surface area contributed by atoms with Gasteiger partial charge in [-0.05, 0) is 42.8 Å². The van der Waals surface area contributed by atoms with Crippen molar-refractivity contribution in [3.63, 3.8) is 0 Å². The van der Waals surface area contributed by atoms with Gasteiger partial charge in [0, 0.05) is 16.8 Å². The molecule has 0 aromatic heterocycles. The van der Waals surface area contributed by atoms with Gasteiger partial charge in [0.2, 0.25) is 0 Å². The van der Waals surface area contributed by atoms with Crippen LogP contribution >= 0.6 is 0 Å². The molecule has 4 nitrogen and oxygen atoms in total. The van der Waals surface area contributed by atoms with Gasteiger partial charge in [0.1, 0.15) is 6.54 Å². The molecular weight excluding hydrogens is 390 g/mol. The molecule has 0 aliphatic carbocycles. The quantitative estimate of drug-likeness (QED) is 0.735. The number of anilines is 1. The largest absolute Gasteiger partial charge is 0.416 e. The smallest absolute Gasteiger partial charge is 0.343 e. The van der Waals surface area contributed by atoms with Crippen LogP contribution in [-0.2, 0) is 6.18 Å². The molecule has 0 heterocycles. The fourth-order valence-electron chi connectivity index (χ4n) is 2.21. The van der Waals surface area contributed by atoms with E-state index in [0.29, 0.717) is 11.6 Å². The summed E-state index contributed by atoms with van der Waals surface area (Å²) in [6.45, 7) is 0.0325. The zero-order chi connectivity index (χ0) is 21.1. The van der Waals surface area contributed by atoms with Crippen molar-refractivity contribution in [3.05, 3.63) is 64.7 Å². The molecule has 0 radical (unpaired) electrons. The third kappa shape index (κ3) is 5.73. The van der Waals surface area contributed by atoms with Crippen LogP contribution < -0.4 is 10.6 Å². The first-order valence-corrected chi connectivity index (χ1v) is 7.81. The van der Waals surface area contributed by atoms with Crippen molar-refractivity contribution in [1.82, 2.24) is 5.32 Å². The molecule has 0 atom stereocenters. The summed E-state index contributed by atoms with van der Waals surface area (Å²) in [6, 6.07) is 7.54. The first-order chi connectivity index (χ1) is 12.9. The molecular formula is C18H14F6N2O2. The lowest BCUT2D eigenvalue weighted by Crippen LogP contribution is -2.33. The van der Waals surface area contributed by atoms with E-state index in [1.54, 1.807) is 12.2 Å². The Morgan fingerprint density at radius 1 is 0.893 bits per heavy atom. The Labute approximate surface area is 155 Å². The van der Waals surface area contributed by atoms with Crippen LogP contribution in [0.25, 0.3) is 0 Å². The lowest BCUT2D eigenvalue weighted by molar-refractivity contribution is -0.137. The summed E-state index contributed by atoms with van der Waals surface area (Å²) in [5.74, 6) is -1.87. The Morgan fingerprint density at radius 2 is 1.54 bits per heavy atom. The van der Waals surface area contributed by atoms with E-state index in [4.69, 9.17) is 0 Å². The summed E-state index contributed by atoms with van der Waals surface area (Å²) < 4.78 is 74.9. The predicted octanol–water partition coefficient (Wildman–Crippen LogP) is 4.56. The second-order valence-electron chi connectivity index (χ2n) is 5.86. The van der Waals surface area contributed by atoms with Gasteiger partial charge in [-0.15, -0.1) is 0 Å². The Kier molecular flexibility index (Phi) is 6.01. The van der Waals surface area contributed by atoms with Crippen LogP contribution in [0.2, 0.25) is 0 Å². The summed E-state index contributed by atoms with van der Waals surface area (Å²) >= 11 is 0. The summed E-state index contributed by atoms with van der Waals surface area (Å²) in [7, 11) is 0. The Morgan fingerprint density at radius 3 is 2.14 bits per heavy atom. The first-order valence-electron chi connectivity index (χ1n) is 7.81. The fraction of sp³-hybridized carbons (Fsp3) is 0.222. The second-order valence-corrected chi connectivity index (χ2v) is 5.86. The molecule has 0 fully saturated rings. The van der Waals surface area contributed by atoms with E-state index >= 15 is 0 Å². The van der Waals surface area contributed by atoms with Crippen LogP contribution in [0.15, 0.2) is 42.5 Å². The Hall–Kier alpha value is -3.04. The lowest BCUT2D eigenvalue weighted by Gasteiger charge is -2.13. The molecule has 2 amide bonds. The standard InChI is InChI=1S/C18H14F6N2O2/c1-10-5-6-12(15(27)25-9-17(19,20)21)8-14(10)26-16(28)11-3-2-4-13(7-11)18(22,23)24/h2-8H,9H2,1H3,(H,25,27)(H,26,28). The van der Waals surface area contributed by atoms with Crippen LogP contribution in [0, 0.1) is 6.92 Å². The number of alkyl halides is 6. The number of hydrogen-bond donors (Lipinski definition) is 2.